The Kier molecular flexibility index (Phi) is 10.7. The number of hydrogen-bond donors (Lipinski definition) is 1. The van der Waals surface area contributed by atoms with Crippen LogP contribution in [0, 0.1) is 5.41 Å². The largest absolute Gasteiger partial charge is 0.310 e. The van der Waals surface area contributed by atoms with E-state index in [0.717, 1.165) is 76.4 Å². The van der Waals surface area contributed by atoms with Gasteiger partial charge in [0.15, 0.2) is 0 Å². The van der Waals surface area contributed by atoms with Gasteiger partial charge in [-0.3, -0.25) is 19.4 Å². The van der Waals surface area contributed by atoms with Crippen molar-refractivity contribution in [3.8, 4) is 0 Å². The number of halogens is 1. The number of anilines is 1. The molecule has 1 aliphatic carbocycles. The van der Waals surface area contributed by atoms with Crippen LogP contribution in [0.2, 0.25) is 0 Å². The van der Waals surface area contributed by atoms with Crippen LogP contribution in [0.4, 0.5) is 5.69 Å². The van der Waals surface area contributed by atoms with E-state index >= 15 is 0 Å². The van der Waals surface area contributed by atoms with Crippen molar-refractivity contribution in [2.45, 2.75) is 76.4 Å². The normalized spacial score (nSPS) is 26.1. The van der Waals surface area contributed by atoms with Crippen LogP contribution in [0.1, 0.15) is 63.9 Å². The van der Waals surface area contributed by atoms with E-state index in [0.29, 0.717) is 29.5 Å². The molecule has 0 radical (unpaired) electrons. The van der Waals surface area contributed by atoms with E-state index in [1.54, 1.807) is 12.1 Å². The lowest BCUT2D eigenvalue weighted by molar-refractivity contribution is -0.144. The standard InChI is InChI=1S/C28H44N4O6S2.ClH/c1-5-6-13-28(18-24(33)11-12-26(28)34)25-20-30(2)27(21-29-25)14-16-31(17-15-27)19-22-7-9-23(10-8-22)32(39(3,35)36)40(4,37)38;/h7-10,25,29H,5-6,11-21H2,1-4H3;1H/t25-,28?;/m1./s1. The molecule has 2 atom stereocenters. The molecule has 3 aliphatic rings. The fourth-order valence-electron chi connectivity index (χ4n) is 6.90. The molecule has 13 heteroatoms. The Balaban J connectivity index is 0.00000462. The van der Waals surface area contributed by atoms with Crippen molar-refractivity contribution in [2.75, 3.05) is 49.4 Å². The number of carbonyl (C=O) groups excluding carboxylic acids is 2. The lowest BCUT2D eigenvalue weighted by Gasteiger charge is -2.55. The van der Waals surface area contributed by atoms with Gasteiger partial charge in [0.05, 0.1) is 23.6 Å². The summed E-state index contributed by atoms with van der Waals surface area (Å²) in [6.45, 7) is 6.12. The summed E-state index contributed by atoms with van der Waals surface area (Å²) in [4.78, 5) is 30.5. The third kappa shape index (κ3) is 7.33. The van der Waals surface area contributed by atoms with Gasteiger partial charge >= 0.3 is 0 Å². The molecule has 232 valence electrons. The van der Waals surface area contributed by atoms with Gasteiger partial charge in [-0.2, -0.15) is 3.71 Å². The van der Waals surface area contributed by atoms with Crippen LogP contribution in [-0.4, -0.2) is 95.5 Å². The molecule has 4 rings (SSSR count). The number of nitrogens with zero attached hydrogens (tertiary/aromatic N) is 3. The molecule has 0 aromatic heterocycles. The third-order valence-electron chi connectivity index (χ3n) is 9.23. The van der Waals surface area contributed by atoms with Crippen LogP contribution in [0.3, 0.4) is 0 Å². The molecule has 0 bridgehead atoms. The van der Waals surface area contributed by atoms with E-state index in [4.69, 9.17) is 0 Å². The molecule has 2 heterocycles. The molecule has 1 unspecified atom stereocenters. The summed E-state index contributed by atoms with van der Waals surface area (Å²) < 4.78 is 48.7. The molecule has 1 N–H and O–H groups in total. The van der Waals surface area contributed by atoms with E-state index in [1.807, 2.05) is 0 Å². The summed E-state index contributed by atoms with van der Waals surface area (Å²) >= 11 is 0. The van der Waals surface area contributed by atoms with Crippen LogP contribution >= 0.6 is 12.4 Å². The van der Waals surface area contributed by atoms with E-state index in [-0.39, 0.29) is 41.2 Å². The van der Waals surface area contributed by atoms with Crippen molar-refractivity contribution in [3.05, 3.63) is 29.8 Å². The lowest BCUT2D eigenvalue weighted by atomic mass is 9.63. The highest BCUT2D eigenvalue weighted by atomic mass is 35.5. The Hall–Kier alpha value is -1.57. The molecular weight excluding hydrogens is 588 g/mol. The Morgan fingerprint density at radius 1 is 1.00 bits per heavy atom. The number of carbonyl (C=O) groups is 2. The van der Waals surface area contributed by atoms with Gasteiger partial charge in [0, 0.05) is 63.6 Å². The summed E-state index contributed by atoms with van der Waals surface area (Å²) in [5, 5.41) is 3.75. The molecule has 2 aliphatic heterocycles. The number of likely N-dealkylation sites (tertiary alicyclic amines) is 1. The summed E-state index contributed by atoms with van der Waals surface area (Å²) in [5.41, 5.74) is 0.495. The van der Waals surface area contributed by atoms with Crippen LogP contribution in [0.25, 0.3) is 0 Å². The molecule has 2 saturated heterocycles. The number of likely N-dealkylation sites (N-methyl/N-ethyl adjacent to an activating group) is 1. The number of rotatable bonds is 9. The number of ketones is 2. The first-order valence-corrected chi connectivity index (χ1v) is 17.9. The number of nitrogens with one attached hydrogen (secondary N) is 1. The minimum Gasteiger partial charge on any atom is -0.310 e. The average Bonchev–Trinajstić information content (AvgIpc) is 2.87. The Labute approximate surface area is 251 Å². The van der Waals surface area contributed by atoms with Crippen LogP contribution in [0.15, 0.2) is 24.3 Å². The number of unbranched alkanes of at least 4 members (excludes halogenated alkanes) is 1. The number of piperidine rings is 1. The molecule has 1 aromatic carbocycles. The molecule has 10 nitrogen and oxygen atoms in total. The third-order valence-corrected chi connectivity index (χ3v) is 12.5. The first kappa shape index (κ1) is 33.9. The smallest absolute Gasteiger partial charge is 0.245 e. The van der Waals surface area contributed by atoms with Crippen molar-refractivity contribution in [3.63, 3.8) is 0 Å². The molecule has 41 heavy (non-hydrogen) atoms. The van der Waals surface area contributed by atoms with Crippen molar-refractivity contribution in [2.24, 2.45) is 5.41 Å². The first-order chi connectivity index (χ1) is 18.7. The van der Waals surface area contributed by atoms with Crippen molar-refractivity contribution in [1.82, 2.24) is 15.1 Å². The Bertz CT molecular complexity index is 1280. The zero-order valence-electron chi connectivity index (χ0n) is 24.6. The van der Waals surface area contributed by atoms with E-state index in [9.17, 15) is 26.4 Å². The van der Waals surface area contributed by atoms with Gasteiger partial charge in [0.25, 0.3) is 0 Å². The zero-order valence-corrected chi connectivity index (χ0v) is 27.0. The fourth-order valence-corrected chi connectivity index (χ4v) is 9.88. The fraction of sp³-hybridized carbons (Fsp3) is 0.714. The SMILES string of the molecule is CCCCC1([C@H]2CN(C)C3(CCN(Cc4ccc(N(S(C)(=O)=O)S(C)(=O)=O)cc4)CC3)CN2)CC(=O)CCC1=O.Cl. The Morgan fingerprint density at radius 2 is 1.61 bits per heavy atom. The van der Waals surface area contributed by atoms with Gasteiger partial charge in [0.2, 0.25) is 20.0 Å². The predicted octanol–water partition coefficient (Wildman–Crippen LogP) is 2.57. The number of piperazine rings is 1. The summed E-state index contributed by atoms with van der Waals surface area (Å²) in [7, 11) is -5.79. The average molecular weight is 633 g/mol. The van der Waals surface area contributed by atoms with Crippen molar-refractivity contribution in [1.29, 1.82) is 0 Å². The molecular formula is C28H45ClN4O6S2. The maximum absolute atomic E-state index is 13.2. The van der Waals surface area contributed by atoms with E-state index in [2.05, 4.69) is 29.1 Å². The van der Waals surface area contributed by atoms with Gasteiger partial charge in [-0.05, 0) is 44.0 Å². The number of hydrogen-bond acceptors (Lipinski definition) is 9. The van der Waals surface area contributed by atoms with Gasteiger partial charge in [0.1, 0.15) is 11.6 Å². The highest BCUT2D eigenvalue weighted by Gasteiger charge is 2.52. The second-order valence-corrected chi connectivity index (χ2v) is 16.0. The van der Waals surface area contributed by atoms with E-state index < -0.39 is 25.5 Å². The highest BCUT2D eigenvalue weighted by molar-refractivity contribution is 8.09. The quantitative estimate of drug-likeness (QED) is 0.437. The number of benzene rings is 1. The van der Waals surface area contributed by atoms with Crippen molar-refractivity contribution < 1.29 is 26.4 Å². The van der Waals surface area contributed by atoms with Crippen LogP contribution in [-0.2, 0) is 36.2 Å². The zero-order chi connectivity index (χ0) is 29.3. The molecule has 1 aromatic rings. The number of Topliss-reactive ketones (excluding diaryl/α,β-unsaturated/α-hetero) is 2. The van der Waals surface area contributed by atoms with Gasteiger partial charge in [-0.15, -0.1) is 12.4 Å². The second-order valence-electron chi connectivity index (χ2n) is 12.1. The van der Waals surface area contributed by atoms with Crippen molar-refractivity contribution >= 4 is 49.7 Å². The van der Waals surface area contributed by atoms with Crippen LogP contribution in [0.5, 0.6) is 0 Å². The van der Waals surface area contributed by atoms with Gasteiger partial charge < -0.3 is 5.32 Å². The van der Waals surface area contributed by atoms with Gasteiger partial charge in [-0.25, -0.2) is 16.8 Å². The second kappa shape index (κ2) is 13.0. The van der Waals surface area contributed by atoms with Crippen LogP contribution < -0.4 is 9.03 Å². The van der Waals surface area contributed by atoms with Gasteiger partial charge in [-0.1, -0.05) is 31.9 Å². The number of sulfonamides is 2. The highest BCUT2D eigenvalue weighted by Crippen LogP contribution is 2.43. The topological polar surface area (TPSA) is 124 Å². The monoisotopic (exact) mass is 632 g/mol. The molecule has 1 saturated carbocycles. The first-order valence-electron chi connectivity index (χ1n) is 14.2. The molecule has 3 fully saturated rings. The molecule has 0 amide bonds. The lowest BCUT2D eigenvalue weighted by Crippen LogP contribution is -2.70. The summed E-state index contributed by atoms with van der Waals surface area (Å²) in [6.07, 6.45) is 7.51. The maximum atomic E-state index is 13.2. The molecule has 1 spiro atoms. The predicted molar refractivity (Wildman–Crippen MR) is 163 cm³/mol. The minimum atomic E-state index is -3.97. The summed E-state index contributed by atoms with van der Waals surface area (Å²) in [6, 6.07) is 6.61. The van der Waals surface area contributed by atoms with E-state index in [1.165, 1.54) is 12.1 Å². The maximum Gasteiger partial charge on any atom is 0.245 e. The Morgan fingerprint density at radius 3 is 2.15 bits per heavy atom. The summed E-state index contributed by atoms with van der Waals surface area (Å²) in [5.74, 6) is 0.460. The minimum absolute atomic E-state index is 0.